The van der Waals surface area contributed by atoms with Gasteiger partial charge in [0.2, 0.25) is 0 Å². The Morgan fingerprint density at radius 1 is 1.10 bits per heavy atom. The highest BCUT2D eigenvalue weighted by Crippen LogP contribution is 2.29. The minimum absolute atomic E-state index is 0.272. The zero-order valence-corrected chi connectivity index (χ0v) is 18.2. The topological polar surface area (TPSA) is 85.6 Å². The smallest absolute Gasteiger partial charge is 0.258 e. The van der Waals surface area contributed by atoms with E-state index in [9.17, 15) is 4.79 Å². The number of amides is 1. The molecule has 0 unspecified atom stereocenters. The van der Waals surface area contributed by atoms with Gasteiger partial charge in [-0.25, -0.2) is 19.6 Å². The number of aryl methyl sites for hydroxylation is 1. The third-order valence-electron chi connectivity index (χ3n) is 4.17. The standard InChI is InChI=1S/C19H14Cl2N6O.C2H6/c1-11-16-17(21)15(19(28)25-13-4-2-12(20)3-5-13)8-23-18(16)27(26-11)9-14-6-7-22-10-24-14;1-2/h2-8,10H,9H2,1H3,(H,25,28);1-2H3. The molecule has 30 heavy (non-hydrogen) atoms. The van der Waals surface area contributed by atoms with Gasteiger partial charge < -0.3 is 5.32 Å². The molecule has 0 saturated heterocycles. The number of carbonyl (C=O) groups is 1. The Balaban J connectivity index is 0.00000124. The molecule has 1 aromatic carbocycles. The SMILES string of the molecule is CC.Cc1nn(Cc2ccncn2)c2ncc(C(=O)Nc3ccc(Cl)cc3)c(Cl)c12. The van der Waals surface area contributed by atoms with Gasteiger partial charge in [0.05, 0.1) is 33.9 Å². The van der Waals surface area contributed by atoms with Crippen molar-refractivity contribution in [3.8, 4) is 0 Å². The summed E-state index contributed by atoms with van der Waals surface area (Å²) in [7, 11) is 0. The minimum atomic E-state index is -0.357. The molecular weight excluding hydrogens is 423 g/mol. The Labute approximate surface area is 184 Å². The van der Waals surface area contributed by atoms with Gasteiger partial charge in [-0.2, -0.15) is 5.10 Å². The van der Waals surface area contributed by atoms with Crippen molar-refractivity contribution >= 4 is 45.8 Å². The number of hydrogen-bond acceptors (Lipinski definition) is 5. The number of hydrogen-bond donors (Lipinski definition) is 1. The van der Waals surface area contributed by atoms with Crippen molar-refractivity contribution in [3.63, 3.8) is 0 Å². The predicted octanol–water partition coefficient (Wildman–Crippen LogP) is 5.16. The fourth-order valence-electron chi connectivity index (χ4n) is 2.84. The molecule has 0 aliphatic rings. The number of carbonyl (C=O) groups excluding carboxylic acids is 1. The number of rotatable bonds is 4. The van der Waals surface area contributed by atoms with E-state index in [1.807, 2.05) is 20.8 Å². The molecule has 9 heteroatoms. The van der Waals surface area contributed by atoms with Crippen LogP contribution in [0.2, 0.25) is 10.0 Å². The Morgan fingerprint density at radius 3 is 2.50 bits per heavy atom. The van der Waals surface area contributed by atoms with E-state index in [0.29, 0.717) is 39.0 Å². The molecule has 4 rings (SSSR count). The van der Waals surface area contributed by atoms with Gasteiger partial charge in [0.25, 0.3) is 5.91 Å². The summed E-state index contributed by atoms with van der Waals surface area (Å²) in [5.74, 6) is -0.357. The lowest BCUT2D eigenvalue weighted by molar-refractivity contribution is 0.102. The highest BCUT2D eigenvalue weighted by atomic mass is 35.5. The number of aromatic nitrogens is 5. The number of fused-ring (bicyclic) bond motifs is 1. The van der Waals surface area contributed by atoms with Crippen molar-refractivity contribution in [1.82, 2.24) is 24.7 Å². The molecule has 3 aromatic heterocycles. The monoisotopic (exact) mass is 442 g/mol. The summed E-state index contributed by atoms with van der Waals surface area (Å²) in [4.78, 5) is 25.2. The summed E-state index contributed by atoms with van der Waals surface area (Å²) in [6, 6.07) is 8.62. The number of anilines is 1. The van der Waals surface area contributed by atoms with E-state index in [2.05, 4.69) is 25.4 Å². The van der Waals surface area contributed by atoms with Crippen LogP contribution < -0.4 is 5.32 Å². The first-order valence-corrected chi connectivity index (χ1v) is 10.1. The second-order valence-electron chi connectivity index (χ2n) is 6.09. The third kappa shape index (κ3) is 4.58. The average molecular weight is 443 g/mol. The van der Waals surface area contributed by atoms with Crippen molar-refractivity contribution in [2.75, 3.05) is 5.32 Å². The fraction of sp³-hybridized carbons (Fsp3) is 0.190. The maximum atomic E-state index is 12.7. The van der Waals surface area contributed by atoms with Crippen LogP contribution in [0.25, 0.3) is 11.0 Å². The van der Waals surface area contributed by atoms with E-state index >= 15 is 0 Å². The first-order valence-electron chi connectivity index (χ1n) is 9.36. The van der Waals surface area contributed by atoms with E-state index in [4.69, 9.17) is 23.2 Å². The predicted molar refractivity (Wildman–Crippen MR) is 119 cm³/mol. The molecular formula is C21H20Cl2N6O. The van der Waals surface area contributed by atoms with Gasteiger partial charge in [-0.3, -0.25) is 4.79 Å². The van der Waals surface area contributed by atoms with Crippen LogP contribution in [-0.4, -0.2) is 30.6 Å². The summed E-state index contributed by atoms with van der Waals surface area (Å²) in [6.07, 6.45) is 4.60. The first kappa shape index (κ1) is 21.7. The summed E-state index contributed by atoms with van der Waals surface area (Å²) >= 11 is 12.4. The Bertz CT molecular complexity index is 1160. The van der Waals surface area contributed by atoms with E-state index in [0.717, 1.165) is 5.69 Å². The van der Waals surface area contributed by atoms with Gasteiger partial charge in [-0.05, 0) is 37.3 Å². The van der Waals surface area contributed by atoms with E-state index in [1.165, 1.54) is 12.5 Å². The van der Waals surface area contributed by atoms with Crippen molar-refractivity contribution in [2.45, 2.75) is 27.3 Å². The van der Waals surface area contributed by atoms with E-state index in [1.54, 1.807) is 41.2 Å². The van der Waals surface area contributed by atoms with E-state index < -0.39 is 0 Å². The molecule has 7 nitrogen and oxygen atoms in total. The third-order valence-corrected chi connectivity index (χ3v) is 4.82. The number of nitrogens with one attached hydrogen (secondary N) is 1. The molecule has 1 amide bonds. The molecule has 0 radical (unpaired) electrons. The van der Waals surface area contributed by atoms with Crippen LogP contribution in [0, 0.1) is 6.92 Å². The van der Waals surface area contributed by atoms with Crippen LogP contribution in [0.3, 0.4) is 0 Å². The Morgan fingerprint density at radius 2 is 1.83 bits per heavy atom. The largest absolute Gasteiger partial charge is 0.322 e. The van der Waals surface area contributed by atoms with E-state index in [-0.39, 0.29) is 11.5 Å². The Hall–Kier alpha value is -3.03. The second-order valence-corrected chi connectivity index (χ2v) is 6.90. The molecule has 0 fully saturated rings. The van der Waals surface area contributed by atoms with Gasteiger partial charge in [0, 0.05) is 23.1 Å². The molecule has 0 atom stereocenters. The highest BCUT2D eigenvalue weighted by Gasteiger charge is 2.19. The lowest BCUT2D eigenvalue weighted by Crippen LogP contribution is -2.13. The van der Waals surface area contributed by atoms with Gasteiger partial charge in [-0.1, -0.05) is 37.0 Å². The molecule has 3 heterocycles. The fourth-order valence-corrected chi connectivity index (χ4v) is 3.32. The molecule has 4 aromatic rings. The normalized spacial score (nSPS) is 10.4. The average Bonchev–Trinajstić information content (AvgIpc) is 3.08. The molecule has 0 bridgehead atoms. The molecule has 0 saturated carbocycles. The molecule has 154 valence electrons. The van der Waals surface area contributed by atoms with Crippen molar-refractivity contribution in [1.29, 1.82) is 0 Å². The number of halogens is 2. The zero-order chi connectivity index (χ0) is 21.7. The maximum Gasteiger partial charge on any atom is 0.258 e. The van der Waals surface area contributed by atoms with Crippen LogP contribution in [0.4, 0.5) is 5.69 Å². The first-order chi connectivity index (χ1) is 14.5. The lowest BCUT2D eigenvalue weighted by atomic mass is 10.2. The Kier molecular flexibility index (Phi) is 6.97. The van der Waals surface area contributed by atoms with Crippen LogP contribution in [0.1, 0.15) is 35.6 Å². The van der Waals surface area contributed by atoms with Crippen molar-refractivity contribution < 1.29 is 4.79 Å². The van der Waals surface area contributed by atoms with Crippen LogP contribution in [-0.2, 0) is 6.54 Å². The number of nitrogens with zero attached hydrogens (tertiary/aromatic N) is 5. The highest BCUT2D eigenvalue weighted by molar-refractivity contribution is 6.39. The number of benzene rings is 1. The van der Waals surface area contributed by atoms with Gasteiger partial charge in [0.1, 0.15) is 6.33 Å². The molecule has 0 aliphatic carbocycles. The molecule has 0 aliphatic heterocycles. The second kappa shape index (κ2) is 9.65. The summed E-state index contributed by atoms with van der Waals surface area (Å²) in [6.45, 7) is 6.25. The van der Waals surface area contributed by atoms with Crippen molar-refractivity contribution in [3.05, 3.63) is 76.0 Å². The molecule has 0 spiro atoms. The zero-order valence-electron chi connectivity index (χ0n) is 16.7. The summed E-state index contributed by atoms with van der Waals surface area (Å²) < 4.78 is 1.71. The quantitative estimate of drug-likeness (QED) is 0.471. The van der Waals surface area contributed by atoms with Gasteiger partial charge in [-0.15, -0.1) is 0 Å². The summed E-state index contributed by atoms with van der Waals surface area (Å²) in [5, 5.41) is 8.83. The summed E-state index contributed by atoms with van der Waals surface area (Å²) in [5.41, 5.74) is 2.95. The minimum Gasteiger partial charge on any atom is -0.322 e. The number of pyridine rings is 1. The lowest BCUT2D eigenvalue weighted by Gasteiger charge is -2.08. The van der Waals surface area contributed by atoms with Crippen LogP contribution in [0.5, 0.6) is 0 Å². The van der Waals surface area contributed by atoms with Gasteiger partial charge in [0.15, 0.2) is 5.65 Å². The molecule has 1 N–H and O–H groups in total. The van der Waals surface area contributed by atoms with Crippen molar-refractivity contribution in [2.24, 2.45) is 0 Å². The van der Waals surface area contributed by atoms with Gasteiger partial charge >= 0.3 is 0 Å². The maximum absolute atomic E-state index is 12.7. The van der Waals surface area contributed by atoms with Crippen LogP contribution >= 0.6 is 23.2 Å². The van der Waals surface area contributed by atoms with Crippen LogP contribution in [0.15, 0.2) is 49.1 Å².